The number of rotatable bonds is 5. The number of ether oxygens (including phenoxy) is 1. The first-order valence-corrected chi connectivity index (χ1v) is 9.03. The number of aromatic nitrogens is 4. The molecule has 1 aromatic carbocycles. The molecule has 13 heteroatoms. The number of amides is 2. The molecule has 140 valence electrons. The number of methoxy groups -OCH3 is 1. The van der Waals surface area contributed by atoms with Crippen molar-refractivity contribution in [2.45, 2.75) is 4.90 Å². The SMILES string of the molecule is COc1cc(Cl)nc(NC(=O)NS(=O)(=O)c2ccccc2-c2nnco2)n1. The summed E-state index contributed by atoms with van der Waals surface area (Å²) in [6.45, 7) is 0. The largest absolute Gasteiger partial charge is 0.481 e. The maximum Gasteiger partial charge on any atom is 0.335 e. The van der Waals surface area contributed by atoms with Gasteiger partial charge in [-0.2, -0.15) is 4.98 Å². The maximum absolute atomic E-state index is 12.6. The maximum atomic E-state index is 12.6. The van der Waals surface area contributed by atoms with Crippen molar-refractivity contribution in [3.63, 3.8) is 0 Å². The van der Waals surface area contributed by atoms with Crippen molar-refractivity contribution < 1.29 is 22.4 Å². The van der Waals surface area contributed by atoms with Crippen LogP contribution in [0.2, 0.25) is 5.15 Å². The predicted octanol–water partition coefficient (Wildman–Crippen LogP) is 1.70. The third kappa shape index (κ3) is 4.30. The Balaban J connectivity index is 1.83. The van der Waals surface area contributed by atoms with Gasteiger partial charge in [-0.3, -0.25) is 5.32 Å². The van der Waals surface area contributed by atoms with E-state index in [2.05, 4.69) is 25.5 Å². The van der Waals surface area contributed by atoms with Crippen LogP contribution in [0.3, 0.4) is 0 Å². The third-order valence-corrected chi connectivity index (χ3v) is 4.68. The highest BCUT2D eigenvalue weighted by atomic mass is 35.5. The summed E-state index contributed by atoms with van der Waals surface area (Å²) in [6.07, 6.45) is 1.06. The summed E-state index contributed by atoms with van der Waals surface area (Å²) in [5, 5.41) is 9.36. The van der Waals surface area contributed by atoms with Crippen LogP contribution in [0.25, 0.3) is 11.5 Å². The molecule has 2 amide bonds. The number of sulfonamides is 1. The van der Waals surface area contributed by atoms with E-state index in [4.69, 9.17) is 20.8 Å². The molecule has 27 heavy (non-hydrogen) atoms. The smallest absolute Gasteiger partial charge is 0.335 e. The van der Waals surface area contributed by atoms with Gasteiger partial charge >= 0.3 is 6.03 Å². The van der Waals surface area contributed by atoms with Gasteiger partial charge in [0.1, 0.15) is 10.0 Å². The quantitative estimate of drug-likeness (QED) is 0.599. The molecule has 0 aliphatic rings. The molecule has 2 heterocycles. The van der Waals surface area contributed by atoms with Crippen molar-refractivity contribution in [3.05, 3.63) is 41.9 Å². The summed E-state index contributed by atoms with van der Waals surface area (Å²) in [6, 6.07) is 6.04. The highest BCUT2D eigenvalue weighted by Crippen LogP contribution is 2.25. The fraction of sp³-hybridized carbons (Fsp3) is 0.0714. The topological polar surface area (TPSA) is 149 Å². The van der Waals surface area contributed by atoms with Gasteiger partial charge < -0.3 is 9.15 Å². The Hall–Kier alpha value is -3.25. The standard InChI is InChI=1S/C14H11ClN6O5S/c1-25-11-6-10(15)17-13(18-11)19-14(22)21-27(23,24)9-5-3-2-4-8(9)12-20-16-7-26-12/h2-7H,1H3,(H2,17,18,19,21,22). The molecule has 11 nitrogen and oxygen atoms in total. The molecule has 3 rings (SSSR count). The van der Waals surface area contributed by atoms with Crippen molar-refractivity contribution in [3.8, 4) is 17.3 Å². The molecule has 0 aliphatic carbocycles. The second-order valence-corrected chi connectivity index (χ2v) is 6.89. The van der Waals surface area contributed by atoms with E-state index in [0.29, 0.717) is 0 Å². The lowest BCUT2D eigenvalue weighted by Gasteiger charge is -2.10. The van der Waals surface area contributed by atoms with Gasteiger partial charge in [0.25, 0.3) is 10.0 Å². The monoisotopic (exact) mass is 410 g/mol. The van der Waals surface area contributed by atoms with Crippen molar-refractivity contribution in [2.24, 2.45) is 0 Å². The van der Waals surface area contributed by atoms with E-state index in [-0.39, 0.29) is 33.3 Å². The van der Waals surface area contributed by atoms with E-state index in [1.165, 1.54) is 31.4 Å². The Labute approximate surface area is 157 Å². The first-order valence-electron chi connectivity index (χ1n) is 7.17. The van der Waals surface area contributed by atoms with Crippen molar-refractivity contribution in [1.82, 2.24) is 24.9 Å². The van der Waals surface area contributed by atoms with E-state index >= 15 is 0 Å². The van der Waals surface area contributed by atoms with E-state index in [9.17, 15) is 13.2 Å². The average Bonchev–Trinajstić information content (AvgIpc) is 3.15. The van der Waals surface area contributed by atoms with Crippen LogP contribution in [0, 0.1) is 0 Å². The molecular formula is C14H11ClN6O5S. The Morgan fingerprint density at radius 1 is 1.26 bits per heavy atom. The van der Waals surface area contributed by atoms with Crippen LogP contribution in [-0.2, 0) is 10.0 Å². The Kier molecular flexibility index (Phi) is 5.19. The molecule has 0 saturated heterocycles. The van der Waals surface area contributed by atoms with Crippen LogP contribution in [0.15, 0.2) is 46.0 Å². The molecule has 0 unspecified atom stereocenters. The van der Waals surface area contributed by atoms with E-state index in [1.807, 2.05) is 4.72 Å². The van der Waals surface area contributed by atoms with Crippen molar-refractivity contribution in [2.75, 3.05) is 12.4 Å². The fourth-order valence-corrected chi connectivity index (χ4v) is 3.31. The van der Waals surface area contributed by atoms with Gasteiger partial charge in [-0.1, -0.05) is 23.7 Å². The van der Waals surface area contributed by atoms with E-state index < -0.39 is 16.1 Å². The molecule has 0 atom stereocenters. The fourth-order valence-electron chi connectivity index (χ4n) is 2.03. The Bertz CT molecular complexity index is 1070. The molecule has 0 spiro atoms. The molecule has 2 N–H and O–H groups in total. The van der Waals surface area contributed by atoms with Gasteiger partial charge in [-0.25, -0.2) is 22.9 Å². The van der Waals surface area contributed by atoms with Crippen LogP contribution in [0.4, 0.5) is 10.7 Å². The lowest BCUT2D eigenvalue weighted by atomic mass is 10.2. The molecule has 0 fully saturated rings. The van der Waals surface area contributed by atoms with Crippen LogP contribution < -0.4 is 14.8 Å². The zero-order chi connectivity index (χ0) is 19.4. The number of carbonyl (C=O) groups is 1. The van der Waals surface area contributed by atoms with Gasteiger partial charge in [-0.05, 0) is 12.1 Å². The number of nitrogens with one attached hydrogen (secondary N) is 2. The van der Waals surface area contributed by atoms with Crippen LogP contribution >= 0.6 is 11.6 Å². The molecule has 0 aliphatic heterocycles. The number of anilines is 1. The normalized spacial score (nSPS) is 11.0. The average molecular weight is 411 g/mol. The number of hydrogen-bond donors (Lipinski definition) is 2. The Morgan fingerprint density at radius 3 is 2.74 bits per heavy atom. The van der Waals surface area contributed by atoms with E-state index in [0.717, 1.165) is 6.39 Å². The molecule has 2 aromatic heterocycles. The number of carbonyl (C=O) groups excluding carboxylic acids is 1. The van der Waals surface area contributed by atoms with Gasteiger partial charge in [0.05, 0.1) is 12.7 Å². The van der Waals surface area contributed by atoms with Crippen molar-refractivity contribution >= 4 is 33.6 Å². The number of halogens is 1. The number of benzene rings is 1. The summed E-state index contributed by atoms with van der Waals surface area (Å²) >= 11 is 5.77. The van der Waals surface area contributed by atoms with Gasteiger partial charge in [0, 0.05) is 6.07 Å². The summed E-state index contributed by atoms with van der Waals surface area (Å²) < 4.78 is 36.9. The zero-order valence-corrected chi connectivity index (χ0v) is 15.2. The summed E-state index contributed by atoms with van der Waals surface area (Å²) in [7, 11) is -2.92. The summed E-state index contributed by atoms with van der Waals surface area (Å²) in [4.78, 5) is 19.5. The number of urea groups is 1. The third-order valence-electron chi connectivity index (χ3n) is 3.10. The van der Waals surface area contributed by atoms with Gasteiger partial charge in [-0.15, -0.1) is 10.2 Å². The second-order valence-electron chi connectivity index (χ2n) is 4.86. The molecule has 0 radical (unpaired) electrons. The molecule has 0 bridgehead atoms. The van der Waals surface area contributed by atoms with Gasteiger partial charge in [0.15, 0.2) is 0 Å². The van der Waals surface area contributed by atoms with E-state index in [1.54, 1.807) is 6.07 Å². The Morgan fingerprint density at radius 2 is 2.04 bits per heavy atom. The first-order chi connectivity index (χ1) is 12.9. The highest BCUT2D eigenvalue weighted by Gasteiger charge is 2.24. The second kappa shape index (κ2) is 7.55. The highest BCUT2D eigenvalue weighted by molar-refractivity contribution is 7.90. The minimum Gasteiger partial charge on any atom is -0.481 e. The summed E-state index contributed by atoms with van der Waals surface area (Å²) in [5.41, 5.74) is 0.135. The van der Waals surface area contributed by atoms with Crippen LogP contribution in [-0.4, -0.2) is 41.7 Å². The lowest BCUT2D eigenvalue weighted by molar-refractivity contribution is 0.256. The van der Waals surface area contributed by atoms with Crippen LogP contribution in [0.5, 0.6) is 5.88 Å². The molecule has 3 aromatic rings. The molecule has 0 saturated carbocycles. The first kappa shape index (κ1) is 18.5. The number of nitrogens with zero attached hydrogens (tertiary/aromatic N) is 4. The molecular weight excluding hydrogens is 400 g/mol. The number of hydrogen-bond acceptors (Lipinski definition) is 9. The minimum absolute atomic E-state index is 0.00162. The minimum atomic E-state index is -4.27. The van der Waals surface area contributed by atoms with Gasteiger partial charge in [0.2, 0.25) is 24.1 Å². The zero-order valence-electron chi connectivity index (χ0n) is 13.6. The lowest BCUT2D eigenvalue weighted by Crippen LogP contribution is -2.35. The predicted molar refractivity (Wildman–Crippen MR) is 92.7 cm³/mol. The van der Waals surface area contributed by atoms with Crippen LogP contribution in [0.1, 0.15) is 0 Å². The van der Waals surface area contributed by atoms with Crippen molar-refractivity contribution in [1.29, 1.82) is 0 Å². The summed E-state index contributed by atoms with van der Waals surface area (Å²) in [5.74, 6) is -0.161.